The van der Waals surface area contributed by atoms with E-state index in [4.69, 9.17) is 14.2 Å². The van der Waals surface area contributed by atoms with E-state index in [1.165, 1.54) is 96.3 Å². The molecule has 6 nitrogen and oxygen atoms in total. The summed E-state index contributed by atoms with van der Waals surface area (Å²) in [5, 5.41) is 0. The molecule has 1 atom stereocenters. The summed E-state index contributed by atoms with van der Waals surface area (Å²) in [7, 11) is 0. The second-order valence-electron chi connectivity index (χ2n) is 20.6. The molecule has 0 radical (unpaired) electrons. The first-order chi connectivity index (χ1) is 37.5. The zero-order valence-electron chi connectivity index (χ0n) is 49.5. The van der Waals surface area contributed by atoms with Crippen LogP contribution in [0.1, 0.15) is 284 Å². The smallest absolute Gasteiger partial charge is 0.306 e. The first-order valence-electron chi connectivity index (χ1n) is 31.5. The third-order valence-electron chi connectivity index (χ3n) is 13.2. The molecule has 0 aromatic rings. The molecule has 1 unspecified atom stereocenters. The monoisotopic (exact) mass is 1050 g/mol. The number of esters is 3. The van der Waals surface area contributed by atoms with Gasteiger partial charge >= 0.3 is 17.9 Å². The van der Waals surface area contributed by atoms with Crippen LogP contribution >= 0.6 is 0 Å². The van der Waals surface area contributed by atoms with E-state index in [0.717, 1.165) is 148 Å². The Morgan fingerprint density at radius 1 is 0.276 bits per heavy atom. The van der Waals surface area contributed by atoms with Crippen molar-refractivity contribution in [3.63, 3.8) is 0 Å². The Kier molecular flexibility index (Phi) is 59.9. The lowest BCUT2D eigenvalue weighted by atomic mass is 10.0. The first-order valence-corrected chi connectivity index (χ1v) is 31.5. The standard InChI is InChI=1S/C70H116O6/c1-4-7-10-13-16-19-22-25-28-31-33-34-35-36-38-39-42-45-48-51-54-57-60-63-69(72)75-66-67(65-74-68(71)62-59-56-53-50-47-44-41-30-27-24-21-18-15-12-9-6-3)76-70(73)64-61-58-55-52-49-46-43-40-37-32-29-26-23-20-17-14-11-8-5-2/h7-8,10-11,16-17,19-20,25-26,28-29,33-34,36-38,40,42,45,67H,4-6,9,12-15,18,21-24,27,30-32,35,39,41,43-44,46-66H2,1-3H3/b10-7-,11-8-,19-16-,20-17-,28-25-,29-26-,34-33-,38-36-,40-37-,45-42-. The van der Waals surface area contributed by atoms with Gasteiger partial charge in [-0.15, -0.1) is 0 Å². The number of hydrogen-bond donors (Lipinski definition) is 0. The van der Waals surface area contributed by atoms with Crippen molar-refractivity contribution < 1.29 is 28.6 Å². The number of ether oxygens (including phenoxy) is 3. The molecule has 0 aliphatic heterocycles. The number of allylic oxidation sites excluding steroid dienone is 20. The van der Waals surface area contributed by atoms with Gasteiger partial charge in [0.25, 0.3) is 0 Å². The highest BCUT2D eigenvalue weighted by Crippen LogP contribution is 2.16. The third-order valence-corrected chi connectivity index (χ3v) is 13.2. The van der Waals surface area contributed by atoms with Crippen LogP contribution in [-0.4, -0.2) is 37.2 Å². The third kappa shape index (κ3) is 60.7. The van der Waals surface area contributed by atoms with Gasteiger partial charge in [-0.1, -0.05) is 277 Å². The molecule has 0 amide bonds. The summed E-state index contributed by atoms with van der Waals surface area (Å²) >= 11 is 0. The van der Waals surface area contributed by atoms with E-state index in [-0.39, 0.29) is 31.1 Å². The average Bonchev–Trinajstić information content (AvgIpc) is 3.42. The maximum absolute atomic E-state index is 12.9. The van der Waals surface area contributed by atoms with Crippen LogP contribution in [0.3, 0.4) is 0 Å². The van der Waals surface area contributed by atoms with E-state index in [1.807, 2.05) is 0 Å². The number of carbonyl (C=O) groups excluding carboxylic acids is 3. The summed E-state index contributed by atoms with van der Waals surface area (Å²) in [6, 6.07) is 0. The minimum Gasteiger partial charge on any atom is -0.462 e. The fraction of sp³-hybridized carbons (Fsp3) is 0.671. The second kappa shape index (κ2) is 63.3. The molecule has 0 aliphatic carbocycles. The average molecular weight is 1050 g/mol. The number of rotatable bonds is 56. The van der Waals surface area contributed by atoms with Gasteiger partial charge in [-0.05, 0) is 109 Å². The van der Waals surface area contributed by atoms with Crippen LogP contribution < -0.4 is 0 Å². The van der Waals surface area contributed by atoms with Crippen molar-refractivity contribution in [2.45, 2.75) is 290 Å². The quantitative estimate of drug-likeness (QED) is 0.0261. The van der Waals surface area contributed by atoms with Gasteiger partial charge in [0.15, 0.2) is 6.10 Å². The number of carbonyl (C=O) groups is 3. The van der Waals surface area contributed by atoms with Crippen LogP contribution in [0.2, 0.25) is 0 Å². The van der Waals surface area contributed by atoms with Gasteiger partial charge in [-0.25, -0.2) is 0 Å². The van der Waals surface area contributed by atoms with Gasteiger partial charge in [0.2, 0.25) is 0 Å². The highest BCUT2D eigenvalue weighted by molar-refractivity contribution is 5.71. The predicted octanol–water partition coefficient (Wildman–Crippen LogP) is 21.6. The molecule has 0 aliphatic rings. The summed E-state index contributed by atoms with van der Waals surface area (Å²) < 4.78 is 16.9. The summed E-state index contributed by atoms with van der Waals surface area (Å²) in [4.78, 5) is 38.3. The molecule has 0 bridgehead atoms. The zero-order valence-corrected chi connectivity index (χ0v) is 49.5. The van der Waals surface area contributed by atoms with Crippen molar-refractivity contribution in [3.8, 4) is 0 Å². The van der Waals surface area contributed by atoms with Crippen molar-refractivity contribution in [1.82, 2.24) is 0 Å². The zero-order chi connectivity index (χ0) is 55.0. The maximum atomic E-state index is 12.9. The van der Waals surface area contributed by atoms with Crippen LogP contribution in [0.15, 0.2) is 122 Å². The van der Waals surface area contributed by atoms with Crippen LogP contribution in [0.4, 0.5) is 0 Å². The fourth-order valence-electron chi connectivity index (χ4n) is 8.56. The summed E-state index contributed by atoms with van der Waals surface area (Å²) in [6.07, 6.45) is 87.6. The topological polar surface area (TPSA) is 78.9 Å². The lowest BCUT2D eigenvalue weighted by molar-refractivity contribution is -0.167. The van der Waals surface area contributed by atoms with E-state index in [9.17, 15) is 14.4 Å². The Labute approximate surface area is 469 Å². The van der Waals surface area contributed by atoms with Crippen LogP contribution in [-0.2, 0) is 28.6 Å². The lowest BCUT2D eigenvalue weighted by Crippen LogP contribution is -2.30. The lowest BCUT2D eigenvalue weighted by Gasteiger charge is -2.18. The fourth-order valence-corrected chi connectivity index (χ4v) is 8.56. The molecule has 0 saturated heterocycles. The second-order valence-corrected chi connectivity index (χ2v) is 20.6. The van der Waals surface area contributed by atoms with Gasteiger partial charge in [-0.3, -0.25) is 14.4 Å². The normalized spacial score (nSPS) is 12.9. The molecule has 76 heavy (non-hydrogen) atoms. The van der Waals surface area contributed by atoms with Gasteiger partial charge in [-0.2, -0.15) is 0 Å². The van der Waals surface area contributed by atoms with Crippen molar-refractivity contribution in [2.24, 2.45) is 0 Å². The summed E-state index contributed by atoms with van der Waals surface area (Å²) in [5.41, 5.74) is 0. The Bertz CT molecular complexity index is 1590. The van der Waals surface area contributed by atoms with E-state index in [0.29, 0.717) is 19.3 Å². The SMILES string of the molecule is CC/C=C\C/C=C\C/C=C\C/C=C\C/C=C\C/C=C\CCCCCCC(=O)OCC(COC(=O)CCCCCCCCCCCCCCCCCC)OC(=O)CCCCCCCC/C=C\C/C=C\C/C=C\C/C=C\CC. The number of unbranched alkanes of at least 4 members (excludes halogenated alkanes) is 25. The maximum Gasteiger partial charge on any atom is 0.306 e. The Hall–Kier alpha value is -4.19. The summed E-state index contributed by atoms with van der Waals surface area (Å²) in [6.45, 7) is 6.40. The van der Waals surface area contributed by atoms with Crippen LogP contribution in [0.5, 0.6) is 0 Å². The van der Waals surface area contributed by atoms with Crippen LogP contribution in [0.25, 0.3) is 0 Å². The molecule has 0 N–H and O–H groups in total. The van der Waals surface area contributed by atoms with E-state index >= 15 is 0 Å². The van der Waals surface area contributed by atoms with Gasteiger partial charge in [0.1, 0.15) is 13.2 Å². The van der Waals surface area contributed by atoms with Crippen molar-refractivity contribution >= 4 is 17.9 Å². The Morgan fingerprint density at radius 3 is 0.803 bits per heavy atom. The highest BCUT2D eigenvalue weighted by atomic mass is 16.6. The molecular formula is C70H116O6. The van der Waals surface area contributed by atoms with Crippen molar-refractivity contribution in [1.29, 1.82) is 0 Å². The molecule has 0 saturated carbocycles. The van der Waals surface area contributed by atoms with E-state index in [1.54, 1.807) is 0 Å². The van der Waals surface area contributed by atoms with Crippen LogP contribution in [0, 0.1) is 0 Å². The number of hydrogen-bond acceptors (Lipinski definition) is 6. The molecule has 0 rings (SSSR count). The van der Waals surface area contributed by atoms with E-state index in [2.05, 4.69) is 142 Å². The summed E-state index contributed by atoms with van der Waals surface area (Å²) in [5.74, 6) is -0.926. The molecule has 0 aromatic heterocycles. The molecule has 0 fully saturated rings. The van der Waals surface area contributed by atoms with Crippen molar-refractivity contribution in [3.05, 3.63) is 122 Å². The van der Waals surface area contributed by atoms with Gasteiger partial charge < -0.3 is 14.2 Å². The molecule has 0 spiro atoms. The first kappa shape index (κ1) is 71.8. The largest absolute Gasteiger partial charge is 0.462 e. The van der Waals surface area contributed by atoms with Gasteiger partial charge in [0, 0.05) is 19.3 Å². The highest BCUT2D eigenvalue weighted by Gasteiger charge is 2.19. The molecule has 6 heteroatoms. The van der Waals surface area contributed by atoms with Gasteiger partial charge in [0.05, 0.1) is 0 Å². The minimum absolute atomic E-state index is 0.0927. The molecular weight excluding hydrogens is 937 g/mol. The predicted molar refractivity (Wildman–Crippen MR) is 330 cm³/mol. The minimum atomic E-state index is -0.800. The molecule has 0 heterocycles. The Morgan fingerprint density at radius 2 is 0.513 bits per heavy atom. The van der Waals surface area contributed by atoms with E-state index < -0.39 is 6.10 Å². The molecule has 432 valence electrons. The molecule has 0 aromatic carbocycles. The Balaban J connectivity index is 4.46. The van der Waals surface area contributed by atoms with Crippen molar-refractivity contribution in [2.75, 3.05) is 13.2 Å².